The van der Waals surface area contributed by atoms with Crippen molar-refractivity contribution in [2.45, 2.75) is 64.6 Å². The number of rotatable bonds is 10. The summed E-state index contributed by atoms with van der Waals surface area (Å²) >= 11 is 6.17. The third-order valence-corrected chi connectivity index (χ3v) is 9.46. The summed E-state index contributed by atoms with van der Waals surface area (Å²) in [5.41, 5.74) is 2.97. The molecule has 8 nitrogen and oxygen atoms in total. The first-order chi connectivity index (χ1) is 21.4. The lowest BCUT2D eigenvalue weighted by atomic mass is 9.65. The number of carbonyl (C=O) groups excluding carboxylic acids is 1. The molecule has 0 amide bonds. The Balaban J connectivity index is 1.39. The number of nitrogens with zero attached hydrogens (tertiary/aromatic N) is 2. The van der Waals surface area contributed by atoms with E-state index in [1.165, 1.54) is 5.57 Å². The van der Waals surface area contributed by atoms with Crippen LogP contribution >= 0.6 is 11.6 Å². The van der Waals surface area contributed by atoms with Crippen LogP contribution in [0.25, 0.3) is 5.57 Å². The summed E-state index contributed by atoms with van der Waals surface area (Å²) in [6.07, 6.45) is 7.25. The van der Waals surface area contributed by atoms with E-state index in [0.717, 1.165) is 59.5 Å². The molecule has 1 fully saturated rings. The van der Waals surface area contributed by atoms with Crippen LogP contribution in [0.1, 0.15) is 70.1 Å². The van der Waals surface area contributed by atoms with E-state index in [1.807, 2.05) is 43.5 Å². The predicted octanol–water partition coefficient (Wildman–Crippen LogP) is 6.03. The number of piperidine rings is 1. The Morgan fingerprint density at radius 2 is 2.00 bits per heavy atom. The van der Waals surface area contributed by atoms with Crippen molar-refractivity contribution in [1.29, 1.82) is 0 Å². The molecule has 2 N–H and O–H groups in total. The van der Waals surface area contributed by atoms with E-state index in [0.29, 0.717) is 31.1 Å². The van der Waals surface area contributed by atoms with Crippen molar-refractivity contribution >= 4 is 29.4 Å². The Morgan fingerprint density at radius 3 is 2.73 bits per heavy atom. The van der Waals surface area contributed by atoms with Crippen molar-refractivity contribution in [2.24, 2.45) is 10.4 Å². The van der Waals surface area contributed by atoms with Gasteiger partial charge in [-0.1, -0.05) is 42.8 Å². The van der Waals surface area contributed by atoms with Crippen LogP contribution in [-0.2, 0) is 25.5 Å². The quantitative estimate of drug-likeness (QED) is 0.307. The van der Waals surface area contributed by atoms with Crippen LogP contribution in [0.2, 0.25) is 5.02 Å². The monoisotopic (exact) mass is 636 g/mol. The smallest absolute Gasteiger partial charge is 0.332 e. The van der Waals surface area contributed by atoms with Gasteiger partial charge in [0.1, 0.15) is 19.0 Å². The van der Waals surface area contributed by atoms with E-state index in [1.54, 1.807) is 32.9 Å². The normalized spacial score (nSPS) is 24.6. The molecule has 1 saturated heterocycles. The molecule has 2 unspecified atom stereocenters. The fourth-order valence-corrected chi connectivity index (χ4v) is 6.79. The number of hydrogen-bond donors (Lipinski definition) is 2. The number of fused-ring (bicyclic) bond motifs is 1. The van der Waals surface area contributed by atoms with E-state index in [9.17, 15) is 15.0 Å². The zero-order valence-corrected chi connectivity index (χ0v) is 27.5. The van der Waals surface area contributed by atoms with Gasteiger partial charge in [-0.05, 0) is 93.0 Å². The lowest BCUT2D eigenvalue weighted by Crippen LogP contribution is -2.59. The first-order valence-corrected chi connectivity index (χ1v) is 16.2. The maximum Gasteiger partial charge on any atom is 0.332 e. The Kier molecular flexibility index (Phi) is 10.2. The zero-order chi connectivity index (χ0) is 32.2. The topological polar surface area (TPSA) is 101 Å². The Hall–Kier alpha value is -3.01. The minimum atomic E-state index is -1.17. The number of likely N-dealkylation sites (tertiary alicyclic amines) is 1. The SMILES string of the molecule is CCOC(=O)COCC1(C)CN(CC/C=C2\C3=C(COc4ccc(C(C)(C)O)cc42)N=CCC3)CCC1(O)c1ccc(Cl)cc1. The van der Waals surface area contributed by atoms with Crippen LogP contribution < -0.4 is 4.74 Å². The van der Waals surface area contributed by atoms with E-state index in [4.69, 9.17) is 25.8 Å². The van der Waals surface area contributed by atoms with Gasteiger partial charge in [-0.3, -0.25) is 4.99 Å². The standard InChI is InChI=1S/C36H45ClN2O6/c1-5-44-33(40)22-43-24-35(4)23-39(19-16-36(35,42)25-10-13-27(37)14-11-25)18-7-9-28-29-8-6-17-38-31(29)21-45-32-15-12-26(20-30(28)32)34(2,3)41/h9-15,17,20,41-42H,5-8,16,18-19,21-24H2,1-4H3/b28-9+. The number of esters is 1. The predicted molar refractivity (Wildman–Crippen MR) is 176 cm³/mol. The highest BCUT2D eigenvalue weighted by Gasteiger charge is 2.52. The number of ether oxygens (including phenoxy) is 3. The fraction of sp³-hybridized carbons (Fsp3) is 0.500. The molecule has 2 aromatic rings. The zero-order valence-electron chi connectivity index (χ0n) is 26.8. The molecule has 9 heteroatoms. The summed E-state index contributed by atoms with van der Waals surface area (Å²) in [5.74, 6) is 0.368. The van der Waals surface area contributed by atoms with Crippen molar-refractivity contribution in [3.05, 3.63) is 81.5 Å². The Labute approximate surface area is 271 Å². The van der Waals surface area contributed by atoms with Crippen molar-refractivity contribution in [2.75, 3.05) is 46.1 Å². The highest BCUT2D eigenvalue weighted by Crippen LogP contribution is 2.47. The summed E-state index contributed by atoms with van der Waals surface area (Å²) in [4.78, 5) is 19.1. The molecule has 0 radical (unpaired) electrons. The first-order valence-electron chi connectivity index (χ1n) is 15.8. The maximum atomic E-state index is 12.2. The molecular weight excluding hydrogens is 592 g/mol. The number of carbonyl (C=O) groups is 1. The highest BCUT2D eigenvalue weighted by molar-refractivity contribution is 6.30. The molecule has 0 saturated carbocycles. The van der Waals surface area contributed by atoms with Crippen LogP contribution in [0.5, 0.6) is 5.75 Å². The molecule has 2 aromatic carbocycles. The molecule has 242 valence electrons. The molecule has 0 spiro atoms. The third kappa shape index (κ3) is 7.36. The van der Waals surface area contributed by atoms with Gasteiger partial charge in [0, 0.05) is 41.8 Å². The van der Waals surface area contributed by atoms with Crippen LogP contribution in [0, 0.1) is 5.41 Å². The highest BCUT2D eigenvalue weighted by atomic mass is 35.5. The molecule has 45 heavy (non-hydrogen) atoms. The lowest BCUT2D eigenvalue weighted by molar-refractivity contribution is -0.171. The van der Waals surface area contributed by atoms with Gasteiger partial charge in [0.2, 0.25) is 0 Å². The van der Waals surface area contributed by atoms with Crippen molar-refractivity contribution < 1.29 is 29.2 Å². The molecular formula is C36H45ClN2O6. The number of allylic oxidation sites excluding steroid dienone is 2. The van der Waals surface area contributed by atoms with E-state index < -0.39 is 22.6 Å². The minimum Gasteiger partial charge on any atom is -0.487 e. The summed E-state index contributed by atoms with van der Waals surface area (Å²) in [7, 11) is 0. The van der Waals surface area contributed by atoms with Crippen LogP contribution in [0.3, 0.4) is 0 Å². The molecule has 5 rings (SSSR count). The number of aliphatic imine (C=N–C) groups is 1. The van der Waals surface area contributed by atoms with Gasteiger partial charge in [-0.2, -0.15) is 0 Å². The third-order valence-electron chi connectivity index (χ3n) is 9.21. The van der Waals surface area contributed by atoms with Gasteiger partial charge in [0.05, 0.1) is 30.1 Å². The number of aliphatic hydroxyl groups is 2. The first kappa shape index (κ1) is 33.4. The van der Waals surface area contributed by atoms with Gasteiger partial charge in [-0.15, -0.1) is 0 Å². The van der Waals surface area contributed by atoms with Crippen molar-refractivity contribution in [3.8, 4) is 5.75 Å². The van der Waals surface area contributed by atoms with Gasteiger partial charge >= 0.3 is 5.97 Å². The lowest BCUT2D eigenvalue weighted by Gasteiger charge is -2.52. The van der Waals surface area contributed by atoms with E-state index in [-0.39, 0.29) is 19.8 Å². The molecule has 3 aliphatic heterocycles. The maximum absolute atomic E-state index is 12.2. The molecule has 3 heterocycles. The van der Waals surface area contributed by atoms with E-state index in [2.05, 4.69) is 16.0 Å². The fourth-order valence-electron chi connectivity index (χ4n) is 6.66. The van der Waals surface area contributed by atoms with Crippen molar-refractivity contribution in [3.63, 3.8) is 0 Å². The second-order valence-corrected chi connectivity index (χ2v) is 13.4. The summed E-state index contributed by atoms with van der Waals surface area (Å²) < 4.78 is 17.1. The van der Waals surface area contributed by atoms with Gasteiger partial charge < -0.3 is 29.3 Å². The summed E-state index contributed by atoms with van der Waals surface area (Å²) in [5, 5.41) is 23.6. The van der Waals surface area contributed by atoms with Gasteiger partial charge in [0.15, 0.2) is 0 Å². The van der Waals surface area contributed by atoms with Gasteiger partial charge in [-0.25, -0.2) is 4.79 Å². The average Bonchev–Trinajstić information content (AvgIpc) is 3.15. The number of halogens is 1. The second-order valence-electron chi connectivity index (χ2n) is 13.0. The van der Waals surface area contributed by atoms with E-state index >= 15 is 0 Å². The Bertz CT molecular complexity index is 1480. The van der Waals surface area contributed by atoms with Crippen molar-refractivity contribution in [1.82, 2.24) is 4.90 Å². The van der Waals surface area contributed by atoms with Crippen LogP contribution in [-0.4, -0.2) is 73.4 Å². The van der Waals surface area contributed by atoms with Crippen LogP contribution in [0.15, 0.2) is 64.8 Å². The molecule has 0 aromatic heterocycles. The number of benzene rings is 2. The molecule has 0 bridgehead atoms. The number of hydrogen-bond acceptors (Lipinski definition) is 8. The minimum absolute atomic E-state index is 0.166. The van der Waals surface area contributed by atoms with Gasteiger partial charge in [0.25, 0.3) is 0 Å². The second kappa shape index (κ2) is 13.8. The molecule has 2 atom stereocenters. The summed E-state index contributed by atoms with van der Waals surface area (Å²) in [6, 6.07) is 13.2. The Morgan fingerprint density at radius 1 is 1.22 bits per heavy atom. The van der Waals surface area contributed by atoms with Crippen LogP contribution in [0.4, 0.5) is 0 Å². The molecule has 0 aliphatic carbocycles. The summed E-state index contributed by atoms with van der Waals surface area (Å²) in [6.45, 7) is 10.1. The molecule has 3 aliphatic rings. The largest absolute Gasteiger partial charge is 0.487 e. The average molecular weight is 637 g/mol.